The SMILES string of the molecule is Cc1ccc(SCc2ccc(C(=O)N(C)c3ccccc3)cc2)cc1. The average Bonchev–Trinajstić information content (AvgIpc) is 2.67. The first-order valence-electron chi connectivity index (χ1n) is 8.25. The quantitative estimate of drug-likeness (QED) is 0.563. The summed E-state index contributed by atoms with van der Waals surface area (Å²) in [4.78, 5) is 15.5. The molecule has 0 unspecified atom stereocenters. The van der Waals surface area contributed by atoms with Crippen LogP contribution in [-0.4, -0.2) is 13.0 Å². The van der Waals surface area contributed by atoms with E-state index in [1.807, 2.05) is 54.6 Å². The molecule has 0 bridgehead atoms. The highest BCUT2D eigenvalue weighted by Gasteiger charge is 2.12. The van der Waals surface area contributed by atoms with Crippen molar-refractivity contribution in [2.75, 3.05) is 11.9 Å². The predicted molar refractivity (Wildman–Crippen MR) is 106 cm³/mol. The van der Waals surface area contributed by atoms with Crippen molar-refractivity contribution in [3.8, 4) is 0 Å². The van der Waals surface area contributed by atoms with Crippen molar-refractivity contribution in [2.45, 2.75) is 17.6 Å². The fraction of sp³-hybridized carbons (Fsp3) is 0.136. The number of amides is 1. The van der Waals surface area contributed by atoms with E-state index >= 15 is 0 Å². The minimum Gasteiger partial charge on any atom is -0.311 e. The van der Waals surface area contributed by atoms with Gasteiger partial charge < -0.3 is 4.90 Å². The molecule has 0 spiro atoms. The number of carbonyl (C=O) groups excluding carboxylic acids is 1. The molecule has 3 rings (SSSR count). The fourth-order valence-corrected chi connectivity index (χ4v) is 3.36. The zero-order chi connectivity index (χ0) is 17.6. The van der Waals surface area contributed by atoms with Gasteiger partial charge in [-0.25, -0.2) is 0 Å². The number of rotatable bonds is 5. The van der Waals surface area contributed by atoms with E-state index < -0.39 is 0 Å². The molecular formula is C22H21NOS. The molecule has 0 aliphatic carbocycles. The number of carbonyl (C=O) groups is 1. The summed E-state index contributed by atoms with van der Waals surface area (Å²) < 4.78 is 0. The minimum atomic E-state index is 0.00365. The Bertz CT molecular complexity index is 826. The Morgan fingerprint density at radius 3 is 2.16 bits per heavy atom. The molecule has 0 saturated heterocycles. The van der Waals surface area contributed by atoms with Gasteiger partial charge in [0.25, 0.3) is 5.91 Å². The van der Waals surface area contributed by atoms with Crippen LogP contribution in [0.5, 0.6) is 0 Å². The summed E-state index contributed by atoms with van der Waals surface area (Å²) in [5.74, 6) is 0.899. The lowest BCUT2D eigenvalue weighted by molar-refractivity contribution is 0.0993. The third-order valence-electron chi connectivity index (χ3n) is 4.08. The Morgan fingerprint density at radius 2 is 1.52 bits per heavy atom. The van der Waals surface area contributed by atoms with Gasteiger partial charge in [-0.3, -0.25) is 4.79 Å². The van der Waals surface area contributed by atoms with Gasteiger partial charge in [-0.15, -0.1) is 11.8 Å². The summed E-state index contributed by atoms with van der Waals surface area (Å²) in [5.41, 5.74) is 4.08. The average molecular weight is 347 g/mol. The first kappa shape index (κ1) is 17.3. The van der Waals surface area contributed by atoms with E-state index in [-0.39, 0.29) is 5.91 Å². The molecule has 0 radical (unpaired) electrons. The summed E-state index contributed by atoms with van der Waals surface area (Å²) in [5, 5.41) is 0. The van der Waals surface area contributed by atoms with Gasteiger partial charge in [0.15, 0.2) is 0 Å². The molecule has 25 heavy (non-hydrogen) atoms. The predicted octanol–water partition coefficient (Wildman–Crippen LogP) is 5.56. The van der Waals surface area contributed by atoms with Crippen molar-refractivity contribution < 1.29 is 4.79 Å². The van der Waals surface area contributed by atoms with Crippen molar-refractivity contribution in [3.05, 3.63) is 95.6 Å². The van der Waals surface area contributed by atoms with E-state index in [1.165, 1.54) is 16.0 Å². The van der Waals surface area contributed by atoms with Crippen LogP contribution in [0.15, 0.2) is 83.8 Å². The highest BCUT2D eigenvalue weighted by atomic mass is 32.2. The standard InChI is InChI=1S/C22H21NOS/c1-17-8-14-21(15-9-17)25-16-18-10-12-19(13-11-18)22(24)23(2)20-6-4-3-5-7-20/h3-15H,16H2,1-2H3. The summed E-state index contributed by atoms with van der Waals surface area (Å²) in [6.45, 7) is 2.09. The number of hydrogen-bond acceptors (Lipinski definition) is 2. The molecule has 3 aromatic rings. The van der Waals surface area contributed by atoms with Gasteiger partial charge in [-0.1, -0.05) is 48.0 Å². The molecule has 0 heterocycles. The van der Waals surface area contributed by atoms with Gasteiger partial charge >= 0.3 is 0 Å². The van der Waals surface area contributed by atoms with Gasteiger partial charge in [0.05, 0.1) is 0 Å². The van der Waals surface area contributed by atoms with Gasteiger partial charge in [-0.05, 0) is 48.9 Å². The highest BCUT2D eigenvalue weighted by molar-refractivity contribution is 7.98. The number of nitrogens with zero attached hydrogens (tertiary/aromatic N) is 1. The fourth-order valence-electron chi connectivity index (χ4n) is 2.51. The lowest BCUT2D eigenvalue weighted by Gasteiger charge is -2.17. The molecule has 0 N–H and O–H groups in total. The van der Waals surface area contributed by atoms with Crippen molar-refractivity contribution in [3.63, 3.8) is 0 Å². The molecule has 0 aliphatic rings. The first-order valence-corrected chi connectivity index (χ1v) is 9.23. The number of anilines is 1. The third kappa shape index (κ3) is 4.52. The van der Waals surface area contributed by atoms with Crippen molar-refractivity contribution in [1.29, 1.82) is 0 Å². The molecule has 0 aromatic heterocycles. The topological polar surface area (TPSA) is 20.3 Å². The largest absolute Gasteiger partial charge is 0.311 e. The van der Waals surface area contributed by atoms with Crippen LogP contribution in [0.1, 0.15) is 21.5 Å². The second-order valence-electron chi connectivity index (χ2n) is 6.00. The van der Waals surface area contributed by atoms with E-state index in [2.05, 4.69) is 31.2 Å². The lowest BCUT2D eigenvalue weighted by Crippen LogP contribution is -2.26. The second kappa shape index (κ2) is 8.04. The van der Waals surface area contributed by atoms with Gasteiger partial charge in [0, 0.05) is 28.9 Å². The maximum atomic E-state index is 12.6. The summed E-state index contributed by atoms with van der Waals surface area (Å²) >= 11 is 1.80. The van der Waals surface area contributed by atoms with E-state index in [9.17, 15) is 4.79 Å². The lowest BCUT2D eigenvalue weighted by atomic mass is 10.1. The van der Waals surface area contributed by atoms with Gasteiger partial charge in [-0.2, -0.15) is 0 Å². The number of para-hydroxylation sites is 1. The van der Waals surface area contributed by atoms with Crippen molar-refractivity contribution in [1.82, 2.24) is 0 Å². The zero-order valence-corrected chi connectivity index (χ0v) is 15.3. The molecule has 2 nitrogen and oxygen atoms in total. The Morgan fingerprint density at radius 1 is 0.880 bits per heavy atom. The van der Waals surface area contributed by atoms with E-state index in [4.69, 9.17) is 0 Å². The molecule has 3 heteroatoms. The molecule has 3 aromatic carbocycles. The van der Waals surface area contributed by atoms with Crippen LogP contribution in [0.2, 0.25) is 0 Å². The van der Waals surface area contributed by atoms with E-state index in [0.29, 0.717) is 5.56 Å². The van der Waals surface area contributed by atoms with Gasteiger partial charge in [0.1, 0.15) is 0 Å². The van der Waals surface area contributed by atoms with Crippen LogP contribution >= 0.6 is 11.8 Å². The number of benzene rings is 3. The monoisotopic (exact) mass is 347 g/mol. The van der Waals surface area contributed by atoms with Crippen LogP contribution in [0.4, 0.5) is 5.69 Å². The first-order chi connectivity index (χ1) is 12.1. The molecule has 126 valence electrons. The number of hydrogen-bond donors (Lipinski definition) is 0. The third-order valence-corrected chi connectivity index (χ3v) is 5.16. The van der Waals surface area contributed by atoms with Crippen molar-refractivity contribution >= 4 is 23.4 Å². The van der Waals surface area contributed by atoms with Crippen LogP contribution in [-0.2, 0) is 5.75 Å². The number of aryl methyl sites for hydroxylation is 1. The van der Waals surface area contributed by atoms with Crippen molar-refractivity contribution in [2.24, 2.45) is 0 Å². The Hall–Kier alpha value is -2.52. The smallest absolute Gasteiger partial charge is 0.258 e. The minimum absolute atomic E-state index is 0.00365. The Balaban J connectivity index is 1.63. The summed E-state index contributed by atoms with van der Waals surface area (Å²) in [6.07, 6.45) is 0. The maximum Gasteiger partial charge on any atom is 0.258 e. The molecule has 1 amide bonds. The normalized spacial score (nSPS) is 10.5. The van der Waals surface area contributed by atoms with Crippen LogP contribution in [0, 0.1) is 6.92 Å². The second-order valence-corrected chi connectivity index (χ2v) is 7.05. The van der Waals surface area contributed by atoms with E-state index in [0.717, 1.165) is 11.4 Å². The van der Waals surface area contributed by atoms with Crippen LogP contribution < -0.4 is 4.90 Å². The van der Waals surface area contributed by atoms with E-state index in [1.54, 1.807) is 23.7 Å². The Kier molecular flexibility index (Phi) is 5.56. The molecular weight excluding hydrogens is 326 g/mol. The molecule has 0 saturated carbocycles. The maximum absolute atomic E-state index is 12.6. The molecule has 0 atom stereocenters. The van der Waals surface area contributed by atoms with Crippen LogP contribution in [0.3, 0.4) is 0 Å². The summed E-state index contributed by atoms with van der Waals surface area (Å²) in [7, 11) is 1.80. The highest BCUT2D eigenvalue weighted by Crippen LogP contribution is 2.23. The molecule has 0 fully saturated rings. The van der Waals surface area contributed by atoms with Gasteiger partial charge in [0.2, 0.25) is 0 Å². The Labute approximate surface area is 153 Å². The summed E-state index contributed by atoms with van der Waals surface area (Å²) in [6, 6.07) is 26.1. The molecule has 0 aliphatic heterocycles. The zero-order valence-electron chi connectivity index (χ0n) is 14.5. The number of thioether (sulfide) groups is 1. The van der Waals surface area contributed by atoms with Crippen LogP contribution in [0.25, 0.3) is 0 Å².